The molecule has 0 radical (unpaired) electrons. The van der Waals surface area contributed by atoms with Gasteiger partial charge in [-0.1, -0.05) is 25.7 Å². The van der Waals surface area contributed by atoms with Crippen molar-refractivity contribution >= 4 is 0 Å². The van der Waals surface area contributed by atoms with Crippen LogP contribution >= 0.6 is 0 Å². The van der Waals surface area contributed by atoms with Gasteiger partial charge in [0.25, 0.3) is 0 Å². The molecule has 1 aromatic heterocycles. The van der Waals surface area contributed by atoms with Crippen LogP contribution in [0.15, 0.2) is 12.5 Å². The van der Waals surface area contributed by atoms with Gasteiger partial charge in [0.15, 0.2) is 0 Å². The largest absolute Gasteiger partial charge is 0.330 e. The van der Waals surface area contributed by atoms with Crippen molar-refractivity contribution in [2.75, 3.05) is 27.2 Å². The predicted octanol–water partition coefficient (Wildman–Crippen LogP) is 3.69. The number of hydrogen-bond donors (Lipinski definition) is 0. The molecule has 1 aliphatic heterocycles. The molecule has 0 bridgehead atoms. The molecule has 1 saturated carbocycles. The summed E-state index contributed by atoms with van der Waals surface area (Å²) in [7, 11) is 4.37. The van der Waals surface area contributed by atoms with E-state index in [4.69, 9.17) is 0 Å². The van der Waals surface area contributed by atoms with Gasteiger partial charge in [-0.3, -0.25) is 4.90 Å². The number of likely N-dealkylation sites (tertiary alicyclic amines) is 1. The monoisotopic (exact) mass is 318 g/mol. The lowest BCUT2D eigenvalue weighted by molar-refractivity contribution is 0.120. The summed E-state index contributed by atoms with van der Waals surface area (Å²) in [4.78, 5) is 9.53. The molecule has 2 aliphatic rings. The highest BCUT2D eigenvalue weighted by molar-refractivity contribution is 5.02. The number of piperidine rings is 1. The summed E-state index contributed by atoms with van der Waals surface area (Å²) in [6, 6.07) is 1.45. The molecule has 0 unspecified atom stereocenters. The van der Waals surface area contributed by atoms with Crippen molar-refractivity contribution in [1.29, 1.82) is 0 Å². The van der Waals surface area contributed by atoms with Gasteiger partial charge < -0.3 is 9.47 Å². The van der Waals surface area contributed by atoms with E-state index >= 15 is 0 Å². The minimum absolute atomic E-state index is 0.700. The van der Waals surface area contributed by atoms with Crippen LogP contribution in [0.1, 0.15) is 69.5 Å². The second-order valence-electron chi connectivity index (χ2n) is 7.80. The maximum atomic E-state index is 4.49. The fraction of sp³-hybridized carbons (Fsp3) is 0.842. The molecule has 0 N–H and O–H groups in total. The Morgan fingerprint density at radius 1 is 1.09 bits per heavy atom. The van der Waals surface area contributed by atoms with Crippen LogP contribution in [-0.2, 0) is 6.54 Å². The molecule has 2 fully saturated rings. The average Bonchev–Trinajstić information content (AvgIpc) is 3.03. The Morgan fingerprint density at radius 3 is 2.65 bits per heavy atom. The predicted molar refractivity (Wildman–Crippen MR) is 95.6 cm³/mol. The summed E-state index contributed by atoms with van der Waals surface area (Å²) in [5.74, 6) is 0. The zero-order valence-electron chi connectivity index (χ0n) is 15.1. The summed E-state index contributed by atoms with van der Waals surface area (Å²) in [5.41, 5.74) is 1.44. The molecule has 4 nitrogen and oxygen atoms in total. The average molecular weight is 319 g/mol. The third-order valence-electron chi connectivity index (χ3n) is 5.74. The molecule has 130 valence electrons. The standard InChI is InChI=1S/C19H34N4/c1-21(2)13-11-17-8-6-7-12-22(17)15-19-14-20-16-23(19)18-9-4-3-5-10-18/h14,16-18H,3-13,15H2,1-2H3/t17-/m1/s1. The van der Waals surface area contributed by atoms with Crippen molar-refractivity contribution in [2.45, 2.75) is 76.4 Å². The normalized spacial score (nSPS) is 24.4. The Labute approximate surface area is 141 Å². The number of rotatable bonds is 6. The van der Waals surface area contributed by atoms with Crippen molar-refractivity contribution in [1.82, 2.24) is 19.4 Å². The molecule has 1 aliphatic carbocycles. The highest BCUT2D eigenvalue weighted by Crippen LogP contribution is 2.30. The number of aromatic nitrogens is 2. The van der Waals surface area contributed by atoms with E-state index < -0.39 is 0 Å². The summed E-state index contributed by atoms with van der Waals surface area (Å²) >= 11 is 0. The van der Waals surface area contributed by atoms with Crippen molar-refractivity contribution in [3.63, 3.8) is 0 Å². The molecule has 0 amide bonds. The molecule has 1 aromatic rings. The first-order valence-electron chi connectivity index (χ1n) is 9.63. The topological polar surface area (TPSA) is 24.3 Å². The van der Waals surface area contributed by atoms with Crippen LogP contribution in [-0.4, -0.2) is 52.6 Å². The first-order valence-corrected chi connectivity index (χ1v) is 9.63. The van der Waals surface area contributed by atoms with Gasteiger partial charge in [0, 0.05) is 24.8 Å². The van der Waals surface area contributed by atoms with Crippen molar-refractivity contribution in [2.24, 2.45) is 0 Å². The second kappa shape index (κ2) is 8.29. The zero-order chi connectivity index (χ0) is 16.1. The highest BCUT2D eigenvalue weighted by atomic mass is 15.2. The molecule has 2 heterocycles. The van der Waals surface area contributed by atoms with E-state index in [0.29, 0.717) is 6.04 Å². The van der Waals surface area contributed by atoms with E-state index in [9.17, 15) is 0 Å². The van der Waals surface area contributed by atoms with Gasteiger partial charge in [0.05, 0.1) is 12.0 Å². The SMILES string of the molecule is CN(C)CC[C@H]1CCCCN1Cc1cncn1C1CCCCC1. The van der Waals surface area contributed by atoms with E-state index in [1.807, 2.05) is 0 Å². The van der Waals surface area contributed by atoms with E-state index in [0.717, 1.165) is 12.6 Å². The Morgan fingerprint density at radius 2 is 1.87 bits per heavy atom. The summed E-state index contributed by atoms with van der Waals surface area (Å²) < 4.78 is 2.50. The third kappa shape index (κ3) is 4.57. The quantitative estimate of drug-likeness (QED) is 0.799. The van der Waals surface area contributed by atoms with Gasteiger partial charge in [-0.05, 0) is 59.3 Å². The number of nitrogens with zero attached hydrogens (tertiary/aromatic N) is 4. The smallest absolute Gasteiger partial charge is 0.0951 e. The Balaban J connectivity index is 1.63. The van der Waals surface area contributed by atoms with Gasteiger partial charge in [-0.2, -0.15) is 0 Å². The van der Waals surface area contributed by atoms with Crippen molar-refractivity contribution < 1.29 is 0 Å². The molecular weight excluding hydrogens is 284 g/mol. The summed E-state index contributed by atoms with van der Waals surface area (Å²) in [5, 5.41) is 0. The van der Waals surface area contributed by atoms with Crippen LogP contribution in [0.5, 0.6) is 0 Å². The van der Waals surface area contributed by atoms with Crippen LogP contribution in [0.3, 0.4) is 0 Å². The Hall–Kier alpha value is -0.870. The van der Waals surface area contributed by atoms with E-state index in [1.165, 1.54) is 76.6 Å². The van der Waals surface area contributed by atoms with Gasteiger partial charge in [0.2, 0.25) is 0 Å². The number of hydrogen-bond acceptors (Lipinski definition) is 3. The minimum Gasteiger partial charge on any atom is -0.330 e. The minimum atomic E-state index is 0.700. The van der Waals surface area contributed by atoms with Gasteiger partial charge in [0.1, 0.15) is 0 Å². The first kappa shape index (κ1) is 17.0. The van der Waals surface area contributed by atoms with Gasteiger partial charge >= 0.3 is 0 Å². The Bertz CT molecular complexity index is 462. The van der Waals surface area contributed by atoms with E-state index in [-0.39, 0.29) is 0 Å². The zero-order valence-corrected chi connectivity index (χ0v) is 15.1. The third-order valence-corrected chi connectivity index (χ3v) is 5.74. The number of imidazole rings is 1. The van der Waals surface area contributed by atoms with Crippen LogP contribution in [0.25, 0.3) is 0 Å². The molecule has 1 atom stereocenters. The summed E-state index contributed by atoms with van der Waals surface area (Å²) in [6.45, 7) is 3.55. The fourth-order valence-corrected chi connectivity index (χ4v) is 4.35. The molecular formula is C19H34N4. The molecule has 0 spiro atoms. The molecule has 3 rings (SSSR count). The van der Waals surface area contributed by atoms with Crippen molar-refractivity contribution in [3.05, 3.63) is 18.2 Å². The van der Waals surface area contributed by atoms with Crippen LogP contribution in [0.4, 0.5) is 0 Å². The van der Waals surface area contributed by atoms with Gasteiger partial charge in [-0.25, -0.2) is 4.98 Å². The van der Waals surface area contributed by atoms with E-state index in [2.05, 4.69) is 46.0 Å². The lowest BCUT2D eigenvalue weighted by Crippen LogP contribution is -2.41. The maximum absolute atomic E-state index is 4.49. The Kier molecular flexibility index (Phi) is 6.12. The maximum Gasteiger partial charge on any atom is 0.0951 e. The molecule has 4 heteroatoms. The lowest BCUT2D eigenvalue weighted by Gasteiger charge is -2.37. The van der Waals surface area contributed by atoms with Crippen LogP contribution < -0.4 is 0 Å². The first-order chi connectivity index (χ1) is 11.2. The molecule has 1 saturated heterocycles. The lowest BCUT2D eigenvalue weighted by atomic mass is 9.95. The van der Waals surface area contributed by atoms with E-state index in [1.54, 1.807) is 0 Å². The van der Waals surface area contributed by atoms with Crippen LogP contribution in [0.2, 0.25) is 0 Å². The highest BCUT2D eigenvalue weighted by Gasteiger charge is 2.25. The van der Waals surface area contributed by atoms with Crippen LogP contribution in [0, 0.1) is 0 Å². The molecule has 0 aromatic carbocycles. The summed E-state index contributed by atoms with van der Waals surface area (Å²) in [6.07, 6.45) is 16.5. The second-order valence-corrected chi connectivity index (χ2v) is 7.80. The fourth-order valence-electron chi connectivity index (χ4n) is 4.35. The molecule has 23 heavy (non-hydrogen) atoms. The van der Waals surface area contributed by atoms with Gasteiger partial charge in [-0.15, -0.1) is 0 Å². The van der Waals surface area contributed by atoms with Crippen molar-refractivity contribution in [3.8, 4) is 0 Å².